The number of hydrogen-bond donors (Lipinski definition) is 1. The number of carbonyl (C=O) groups is 4. The van der Waals surface area contributed by atoms with Crippen LogP contribution in [-0.4, -0.2) is 41.5 Å². The van der Waals surface area contributed by atoms with Gasteiger partial charge < -0.3 is 5.32 Å². The molecule has 1 aliphatic rings. The highest BCUT2D eigenvalue weighted by atomic mass is 16.2. The lowest BCUT2D eigenvalue weighted by Gasteiger charge is -2.13. The average molecular weight is 294 g/mol. The molecule has 1 aliphatic heterocycles. The van der Waals surface area contributed by atoms with Gasteiger partial charge in [-0.15, -0.1) is 0 Å². The number of ketones is 1. The maximum absolute atomic E-state index is 11.6. The molecule has 0 unspecified atom stereocenters. The van der Waals surface area contributed by atoms with Crippen molar-refractivity contribution in [2.75, 3.05) is 13.1 Å². The monoisotopic (exact) mass is 294 g/mol. The first-order chi connectivity index (χ1) is 9.91. The summed E-state index contributed by atoms with van der Waals surface area (Å²) >= 11 is 0. The number of nitrogens with zero attached hydrogens (tertiary/aromatic N) is 1. The van der Waals surface area contributed by atoms with E-state index in [0.717, 1.165) is 24.2 Å². The molecule has 0 radical (unpaired) electrons. The highest BCUT2D eigenvalue weighted by molar-refractivity contribution is 6.13. The predicted molar refractivity (Wildman–Crippen MR) is 77.2 cm³/mol. The van der Waals surface area contributed by atoms with Gasteiger partial charge in [0.2, 0.25) is 5.91 Å². The van der Waals surface area contributed by atoms with Crippen LogP contribution in [0.5, 0.6) is 0 Å². The molecule has 3 amide bonds. The Morgan fingerprint density at radius 3 is 2.38 bits per heavy atom. The third-order valence-electron chi connectivity index (χ3n) is 3.54. The van der Waals surface area contributed by atoms with Crippen LogP contribution in [-0.2, 0) is 19.2 Å². The molecule has 6 heteroatoms. The number of nitrogens with one attached hydrogen (secondary N) is 1. The van der Waals surface area contributed by atoms with Crippen molar-refractivity contribution in [3.05, 3.63) is 12.2 Å². The summed E-state index contributed by atoms with van der Waals surface area (Å²) in [5, 5.41) is 2.75. The molecular formula is C15H22N2O4. The first kappa shape index (κ1) is 17.1. The van der Waals surface area contributed by atoms with Crippen LogP contribution in [0.1, 0.15) is 39.5 Å². The van der Waals surface area contributed by atoms with Crippen LogP contribution in [0, 0.1) is 5.92 Å². The summed E-state index contributed by atoms with van der Waals surface area (Å²) in [5.74, 6) is -0.660. The molecule has 0 aromatic heterocycles. The van der Waals surface area contributed by atoms with Crippen molar-refractivity contribution >= 4 is 23.5 Å². The van der Waals surface area contributed by atoms with Gasteiger partial charge >= 0.3 is 0 Å². The first-order valence-corrected chi connectivity index (χ1v) is 7.22. The van der Waals surface area contributed by atoms with Crippen LogP contribution in [0.3, 0.4) is 0 Å². The normalized spacial score (nSPS) is 15.4. The lowest BCUT2D eigenvalue weighted by atomic mass is 10.0. The smallest absolute Gasteiger partial charge is 0.253 e. The molecule has 1 N–H and O–H groups in total. The van der Waals surface area contributed by atoms with Crippen LogP contribution >= 0.6 is 0 Å². The number of imide groups is 1. The summed E-state index contributed by atoms with van der Waals surface area (Å²) in [6.45, 7) is 4.14. The molecule has 0 fully saturated rings. The Hall–Kier alpha value is -1.98. The fourth-order valence-electron chi connectivity index (χ4n) is 1.96. The van der Waals surface area contributed by atoms with Crippen LogP contribution in [0.25, 0.3) is 0 Å². The Bertz CT molecular complexity index is 439. The molecule has 1 heterocycles. The lowest BCUT2D eigenvalue weighted by molar-refractivity contribution is -0.137. The van der Waals surface area contributed by atoms with Crippen molar-refractivity contribution in [1.82, 2.24) is 10.2 Å². The van der Waals surface area contributed by atoms with E-state index in [0.29, 0.717) is 6.54 Å². The van der Waals surface area contributed by atoms with Crippen LogP contribution < -0.4 is 5.32 Å². The summed E-state index contributed by atoms with van der Waals surface area (Å²) in [4.78, 5) is 46.2. The Balaban J connectivity index is 2.08. The van der Waals surface area contributed by atoms with Gasteiger partial charge in [0.1, 0.15) is 5.78 Å². The quantitative estimate of drug-likeness (QED) is 0.504. The minimum atomic E-state index is -0.369. The van der Waals surface area contributed by atoms with Gasteiger partial charge in [-0.05, 0) is 19.8 Å². The maximum Gasteiger partial charge on any atom is 0.253 e. The van der Waals surface area contributed by atoms with E-state index in [2.05, 4.69) is 5.32 Å². The third kappa shape index (κ3) is 5.89. The van der Waals surface area contributed by atoms with Crippen molar-refractivity contribution in [2.24, 2.45) is 5.92 Å². The van der Waals surface area contributed by atoms with Gasteiger partial charge in [0, 0.05) is 37.6 Å². The van der Waals surface area contributed by atoms with Gasteiger partial charge in [-0.25, -0.2) is 0 Å². The second-order valence-electron chi connectivity index (χ2n) is 5.27. The van der Waals surface area contributed by atoms with Gasteiger partial charge in [-0.3, -0.25) is 24.1 Å². The van der Waals surface area contributed by atoms with E-state index in [-0.39, 0.29) is 42.4 Å². The molecule has 0 aromatic rings. The summed E-state index contributed by atoms with van der Waals surface area (Å²) < 4.78 is 0. The standard InChI is InChI=1S/C15H22N2O4/c1-11(12(2)18)5-3-4-9-16-13(19)8-10-17-14(20)6-7-15(17)21/h6-7,11H,3-5,8-10H2,1-2H3,(H,16,19)/t11-/m0/s1. The van der Waals surface area contributed by atoms with Gasteiger partial charge in [0.25, 0.3) is 11.8 Å². The zero-order valence-corrected chi connectivity index (χ0v) is 12.6. The van der Waals surface area contributed by atoms with Crippen molar-refractivity contribution in [3.63, 3.8) is 0 Å². The second kappa shape index (κ2) is 8.34. The molecule has 116 valence electrons. The topological polar surface area (TPSA) is 83.6 Å². The minimum absolute atomic E-state index is 0.0698. The summed E-state index contributed by atoms with van der Waals surface area (Å²) in [7, 11) is 0. The highest BCUT2D eigenvalue weighted by Gasteiger charge is 2.23. The van der Waals surface area contributed by atoms with Gasteiger partial charge in [0.05, 0.1) is 0 Å². The van der Waals surface area contributed by atoms with Crippen LogP contribution in [0.15, 0.2) is 12.2 Å². The molecule has 0 bridgehead atoms. The van der Waals surface area contributed by atoms with Crippen molar-refractivity contribution in [2.45, 2.75) is 39.5 Å². The van der Waals surface area contributed by atoms with Crippen molar-refractivity contribution in [3.8, 4) is 0 Å². The summed E-state index contributed by atoms with van der Waals surface area (Å²) in [6, 6.07) is 0. The van der Waals surface area contributed by atoms with Crippen molar-refractivity contribution < 1.29 is 19.2 Å². The third-order valence-corrected chi connectivity index (χ3v) is 3.54. The van der Waals surface area contributed by atoms with Crippen LogP contribution in [0.2, 0.25) is 0 Å². The second-order valence-corrected chi connectivity index (χ2v) is 5.27. The minimum Gasteiger partial charge on any atom is -0.356 e. The molecule has 0 saturated heterocycles. The Labute approximate surface area is 124 Å². The molecule has 21 heavy (non-hydrogen) atoms. The van der Waals surface area contributed by atoms with E-state index >= 15 is 0 Å². The molecular weight excluding hydrogens is 272 g/mol. The van der Waals surface area contributed by atoms with Gasteiger partial charge in [-0.1, -0.05) is 13.3 Å². The fraction of sp³-hybridized carbons (Fsp3) is 0.600. The molecule has 1 atom stereocenters. The van der Waals surface area contributed by atoms with E-state index in [1.54, 1.807) is 6.92 Å². The zero-order chi connectivity index (χ0) is 15.8. The van der Waals surface area contributed by atoms with E-state index in [4.69, 9.17) is 0 Å². The Morgan fingerprint density at radius 1 is 1.19 bits per heavy atom. The Morgan fingerprint density at radius 2 is 1.81 bits per heavy atom. The summed E-state index contributed by atoms with van der Waals surface area (Å²) in [6.07, 6.45) is 5.05. The van der Waals surface area contributed by atoms with E-state index in [1.165, 1.54) is 12.2 Å². The van der Waals surface area contributed by atoms with Gasteiger partial charge in [0.15, 0.2) is 0 Å². The Kier molecular flexibility index (Phi) is 6.78. The number of carbonyl (C=O) groups excluding carboxylic acids is 4. The molecule has 0 aromatic carbocycles. The number of hydrogen-bond acceptors (Lipinski definition) is 4. The maximum atomic E-state index is 11.6. The molecule has 1 rings (SSSR count). The van der Waals surface area contributed by atoms with E-state index in [9.17, 15) is 19.2 Å². The number of rotatable bonds is 9. The van der Waals surface area contributed by atoms with Gasteiger partial charge in [-0.2, -0.15) is 0 Å². The first-order valence-electron chi connectivity index (χ1n) is 7.22. The molecule has 0 aliphatic carbocycles. The lowest BCUT2D eigenvalue weighted by Crippen LogP contribution is -2.34. The fourth-order valence-corrected chi connectivity index (χ4v) is 1.96. The van der Waals surface area contributed by atoms with Crippen LogP contribution in [0.4, 0.5) is 0 Å². The highest BCUT2D eigenvalue weighted by Crippen LogP contribution is 2.08. The largest absolute Gasteiger partial charge is 0.356 e. The van der Waals surface area contributed by atoms with Crippen molar-refractivity contribution in [1.29, 1.82) is 0 Å². The van der Waals surface area contributed by atoms with E-state index < -0.39 is 0 Å². The SMILES string of the molecule is CC(=O)[C@@H](C)CCCCNC(=O)CCN1C(=O)C=CC1=O. The molecule has 0 saturated carbocycles. The number of Topliss-reactive ketones (excluding diaryl/α,β-unsaturated/α-hetero) is 1. The molecule has 6 nitrogen and oxygen atoms in total. The molecule has 0 spiro atoms. The summed E-state index contributed by atoms with van der Waals surface area (Å²) in [5.41, 5.74) is 0. The predicted octanol–water partition coefficient (Wildman–Crippen LogP) is 0.813. The number of unbranched alkanes of at least 4 members (excludes halogenated alkanes) is 1. The number of amides is 3. The zero-order valence-electron chi connectivity index (χ0n) is 12.6. The average Bonchev–Trinajstić information content (AvgIpc) is 2.75. The van der Waals surface area contributed by atoms with E-state index in [1.807, 2.05) is 6.92 Å².